The summed E-state index contributed by atoms with van der Waals surface area (Å²) < 4.78 is 6.74. The van der Waals surface area contributed by atoms with Crippen molar-refractivity contribution in [2.75, 3.05) is 0 Å². The first-order valence-electron chi connectivity index (χ1n) is 7.66. The molecule has 0 radical (unpaired) electrons. The topological polar surface area (TPSA) is 9.23 Å². The van der Waals surface area contributed by atoms with Crippen LogP contribution >= 0.6 is 0 Å². The Hall–Kier alpha value is -0.820. The summed E-state index contributed by atoms with van der Waals surface area (Å²) in [5, 5.41) is 0. The van der Waals surface area contributed by atoms with Crippen molar-refractivity contribution in [2.45, 2.75) is 18.1 Å². The summed E-state index contributed by atoms with van der Waals surface area (Å²) in [6.07, 6.45) is 2.23. The minimum atomic E-state index is 0.179. The molecule has 9 unspecified atom stereocenters. The number of ether oxygens (including phenoxy) is 1. The third-order valence-electron chi connectivity index (χ3n) is 7.93. The molecule has 0 N–H and O–H groups in total. The maximum Gasteiger partial charge on any atom is 0.100 e. The van der Waals surface area contributed by atoms with Gasteiger partial charge in [-0.3, -0.25) is 0 Å². The van der Waals surface area contributed by atoms with E-state index in [0.29, 0.717) is 6.10 Å². The molecule has 7 fully saturated rings. The van der Waals surface area contributed by atoms with Gasteiger partial charge in [0, 0.05) is 11.8 Å². The van der Waals surface area contributed by atoms with E-state index >= 15 is 0 Å². The Bertz CT molecular complexity index is 585. The summed E-state index contributed by atoms with van der Waals surface area (Å²) in [5.74, 6) is 8.01. The predicted octanol–water partition coefficient (Wildman–Crippen LogP) is 2.67. The molecule has 0 amide bonds. The summed E-state index contributed by atoms with van der Waals surface area (Å²) in [5.41, 5.74) is 1.70. The van der Waals surface area contributed by atoms with Crippen molar-refractivity contribution >= 4 is 0 Å². The van der Waals surface area contributed by atoms with Crippen LogP contribution in [0.3, 0.4) is 0 Å². The molecule has 1 heteroatoms. The fourth-order valence-corrected chi connectivity index (χ4v) is 8.17. The van der Waals surface area contributed by atoms with Gasteiger partial charge >= 0.3 is 0 Å². The minimum absolute atomic E-state index is 0.179. The molecule has 5 saturated carbocycles. The monoisotopic (exact) mass is 236 g/mol. The second-order valence-electron chi connectivity index (χ2n) is 7.67. The van der Waals surface area contributed by atoms with Crippen LogP contribution in [-0.4, -0.2) is 6.10 Å². The lowest BCUT2D eigenvalue weighted by Crippen LogP contribution is -2.47. The first-order valence-corrected chi connectivity index (χ1v) is 7.66. The zero-order valence-electron chi connectivity index (χ0n) is 10.2. The molecule has 2 heterocycles. The van der Waals surface area contributed by atoms with E-state index in [4.69, 9.17) is 4.74 Å². The molecule has 2 saturated heterocycles. The Morgan fingerprint density at radius 3 is 2.67 bits per heavy atom. The molecule has 1 aromatic carbocycles. The van der Waals surface area contributed by atoms with Gasteiger partial charge in [-0.25, -0.2) is 0 Å². The highest BCUT2D eigenvalue weighted by Crippen LogP contribution is 2.92. The maximum absolute atomic E-state index is 6.74. The standard InChI is InChI=1S/C17H16O/c1-2-4-7(5-3-1)17-14-9-6-8-10-11(9)15(17)13(10)16(18-17)12(8)14/h1-5,8-16H,6H2/t8-,9?,10?,11?,12?,13?,14?,15?,16?,17?/m1/s1. The highest BCUT2D eigenvalue weighted by atomic mass is 16.5. The third-order valence-corrected chi connectivity index (χ3v) is 7.93. The van der Waals surface area contributed by atoms with Gasteiger partial charge in [0.05, 0.1) is 6.10 Å². The van der Waals surface area contributed by atoms with Gasteiger partial charge in [0.15, 0.2) is 0 Å². The van der Waals surface area contributed by atoms with Gasteiger partial charge in [0.25, 0.3) is 0 Å². The summed E-state index contributed by atoms with van der Waals surface area (Å²) in [6, 6.07) is 11.2. The Morgan fingerprint density at radius 2 is 1.78 bits per heavy atom. The van der Waals surface area contributed by atoms with Gasteiger partial charge in [0.1, 0.15) is 5.60 Å². The molecule has 2 aliphatic heterocycles. The molecule has 8 rings (SSSR count). The lowest BCUT2D eigenvalue weighted by atomic mass is 9.56. The highest BCUT2D eigenvalue weighted by molar-refractivity contribution is 5.44. The summed E-state index contributed by atoms with van der Waals surface area (Å²) in [4.78, 5) is 0. The van der Waals surface area contributed by atoms with Crippen molar-refractivity contribution in [2.24, 2.45) is 47.3 Å². The van der Waals surface area contributed by atoms with Crippen molar-refractivity contribution in [3.63, 3.8) is 0 Å². The zero-order valence-corrected chi connectivity index (χ0v) is 10.2. The van der Waals surface area contributed by atoms with Gasteiger partial charge in [-0.2, -0.15) is 0 Å². The van der Waals surface area contributed by atoms with Crippen LogP contribution in [0.5, 0.6) is 0 Å². The number of rotatable bonds is 1. The van der Waals surface area contributed by atoms with E-state index in [-0.39, 0.29) is 5.60 Å². The molecule has 1 aromatic rings. The molecule has 18 heavy (non-hydrogen) atoms. The second-order valence-corrected chi connectivity index (χ2v) is 7.67. The van der Waals surface area contributed by atoms with E-state index in [0.717, 1.165) is 47.3 Å². The summed E-state index contributed by atoms with van der Waals surface area (Å²) in [6.45, 7) is 0. The Balaban J connectivity index is 1.58. The van der Waals surface area contributed by atoms with Gasteiger partial charge in [0.2, 0.25) is 0 Å². The SMILES string of the molecule is c1ccc(C23OC4C5C6C(C7C[C@H]6C4C72)C53)cc1. The fourth-order valence-electron chi connectivity index (χ4n) is 8.17. The Labute approximate surface area is 107 Å². The average Bonchev–Trinajstić information content (AvgIpc) is 3.01. The fraction of sp³-hybridized carbons (Fsp3) is 0.647. The van der Waals surface area contributed by atoms with Crippen molar-refractivity contribution < 1.29 is 4.74 Å². The van der Waals surface area contributed by atoms with Crippen LogP contribution in [0.1, 0.15) is 12.0 Å². The first kappa shape index (κ1) is 8.37. The maximum atomic E-state index is 6.74. The molecule has 0 spiro atoms. The van der Waals surface area contributed by atoms with Crippen LogP contribution in [0.4, 0.5) is 0 Å². The quantitative estimate of drug-likeness (QED) is 0.728. The van der Waals surface area contributed by atoms with Crippen LogP contribution in [-0.2, 0) is 10.3 Å². The predicted molar refractivity (Wildman–Crippen MR) is 65.5 cm³/mol. The summed E-state index contributed by atoms with van der Waals surface area (Å²) >= 11 is 0. The number of benzene rings is 1. The van der Waals surface area contributed by atoms with E-state index in [1.54, 1.807) is 6.42 Å². The minimum Gasteiger partial charge on any atom is -0.366 e. The molecule has 0 aromatic heterocycles. The molecular weight excluding hydrogens is 220 g/mol. The van der Waals surface area contributed by atoms with E-state index in [1.807, 2.05) is 0 Å². The van der Waals surface area contributed by atoms with E-state index in [9.17, 15) is 0 Å². The molecule has 5 aliphatic carbocycles. The highest BCUT2D eigenvalue weighted by Gasteiger charge is 2.92. The van der Waals surface area contributed by atoms with E-state index in [1.165, 1.54) is 5.56 Å². The average molecular weight is 236 g/mol. The van der Waals surface area contributed by atoms with Crippen LogP contribution in [0.15, 0.2) is 30.3 Å². The summed E-state index contributed by atoms with van der Waals surface area (Å²) in [7, 11) is 0. The van der Waals surface area contributed by atoms with Crippen LogP contribution in [0.25, 0.3) is 0 Å². The van der Waals surface area contributed by atoms with Crippen LogP contribution in [0.2, 0.25) is 0 Å². The van der Waals surface area contributed by atoms with Crippen LogP contribution in [0, 0.1) is 47.3 Å². The van der Waals surface area contributed by atoms with Crippen molar-refractivity contribution in [3.05, 3.63) is 35.9 Å². The second kappa shape index (κ2) is 2.10. The van der Waals surface area contributed by atoms with Crippen molar-refractivity contribution in [3.8, 4) is 0 Å². The molecule has 4 bridgehead atoms. The van der Waals surface area contributed by atoms with Gasteiger partial charge in [-0.15, -0.1) is 0 Å². The molecule has 10 atom stereocenters. The third kappa shape index (κ3) is 0.499. The Morgan fingerprint density at radius 1 is 0.889 bits per heavy atom. The largest absolute Gasteiger partial charge is 0.366 e. The first-order chi connectivity index (χ1) is 8.93. The van der Waals surface area contributed by atoms with Gasteiger partial charge in [-0.1, -0.05) is 30.3 Å². The Kier molecular flexibility index (Phi) is 0.975. The van der Waals surface area contributed by atoms with Gasteiger partial charge < -0.3 is 4.74 Å². The smallest absolute Gasteiger partial charge is 0.100 e. The molecule has 1 nitrogen and oxygen atoms in total. The lowest BCUT2D eigenvalue weighted by Gasteiger charge is -2.46. The van der Waals surface area contributed by atoms with Gasteiger partial charge in [-0.05, 0) is 47.5 Å². The van der Waals surface area contributed by atoms with Crippen molar-refractivity contribution in [1.29, 1.82) is 0 Å². The van der Waals surface area contributed by atoms with E-state index < -0.39 is 0 Å². The molecule has 90 valence electrons. The zero-order chi connectivity index (χ0) is 11.2. The lowest BCUT2D eigenvalue weighted by molar-refractivity contribution is -0.0356. The molecular formula is C17H16O. The number of hydrogen-bond acceptors (Lipinski definition) is 1. The van der Waals surface area contributed by atoms with Crippen LogP contribution < -0.4 is 0 Å². The van der Waals surface area contributed by atoms with E-state index in [2.05, 4.69) is 30.3 Å². The molecule has 7 aliphatic rings. The number of hydrogen-bond donors (Lipinski definition) is 0. The van der Waals surface area contributed by atoms with Crippen molar-refractivity contribution in [1.82, 2.24) is 0 Å². The normalized spacial score (nSPS) is 70.6.